The lowest BCUT2D eigenvalue weighted by Crippen LogP contribution is -2.46. The molecule has 0 heterocycles. The fourth-order valence-corrected chi connectivity index (χ4v) is 4.29. The quantitative estimate of drug-likeness (QED) is 0.265. The van der Waals surface area contributed by atoms with Gasteiger partial charge in [-0.2, -0.15) is 0 Å². The van der Waals surface area contributed by atoms with Gasteiger partial charge < -0.3 is 26.0 Å². The first-order valence-electron chi connectivity index (χ1n) is 13.7. The monoisotopic (exact) mass is 552 g/mol. The summed E-state index contributed by atoms with van der Waals surface area (Å²) in [5.74, 6) is -0.575. The van der Waals surface area contributed by atoms with Crippen molar-refractivity contribution in [3.8, 4) is 0 Å². The lowest BCUT2D eigenvalue weighted by Gasteiger charge is -2.28. The Balaban J connectivity index is 0.000000395. The molecule has 1 aliphatic rings. The van der Waals surface area contributed by atoms with Crippen molar-refractivity contribution in [1.29, 1.82) is 0 Å². The van der Waals surface area contributed by atoms with E-state index in [0.717, 1.165) is 30.4 Å². The molecule has 9 nitrogen and oxygen atoms in total. The van der Waals surface area contributed by atoms with Crippen molar-refractivity contribution >= 4 is 24.2 Å². The first kappa shape index (κ1) is 32.5. The second kappa shape index (κ2) is 15.8. The molecule has 2 aromatic rings. The third kappa shape index (κ3) is 10.1. The van der Waals surface area contributed by atoms with E-state index in [4.69, 9.17) is 0 Å². The normalized spacial score (nSPS) is 15.7. The predicted octanol–water partition coefficient (Wildman–Crippen LogP) is 3.08. The summed E-state index contributed by atoms with van der Waals surface area (Å²) in [4.78, 5) is 46.5. The first-order valence-corrected chi connectivity index (χ1v) is 13.7. The molecule has 4 N–H and O–H groups in total. The predicted molar refractivity (Wildman–Crippen MR) is 156 cm³/mol. The number of carbonyl (C=O) groups excluding carboxylic acids is 4. The molecular weight excluding hydrogens is 508 g/mol. The molecule has 3 atom stereocenters. The molecule has 0 spiro atoms. The minimum Gasteiger partial charge on any atom is -0.465 e. The molecule has 1 aliphatic carbocycles. The summed E-state index contributed by atoms with van der Waals surface area (Å²) in [6.07, 6.45) is 3.79. The lowest BCUT2D eigenvalue weighted by molar-refractivity contribution is -0.126. The van der Waals surface area contributed by atoms with Crippen molar-refractivity contribution < 1.29 is 23.9 Å². The Kier molecular flexibility index (Phi) is 12.8. The Morgan fingerprint density at radius 3 is 2.35 bits per heavy atom. The number of esters is 1. The molecule has 3 unspecified atom stereocenters. The summed E-state index contributed by atoms with van der Waals surface area (Å²) in [7, 11) is 3.09. The minimum absolute atomic E-state index is 0.0462. The molecule has 0 fully saturated rings. The number of carbonyl (C=O) groups is 4. The van der Waals surface area contributed by atoms with Gasteiger partial charge in [0.15, 0.2) is 0 Å². The molecule has 0 aliphatic heterocycles. The Morgan fingerprint density at radius 1 is 1.07 bits per heavy atom. The number of aryl methyl sites for hydroxylation is 1. The van der Waals surface area contributed by atoms with Gasteiger partial charge in [0.2, 0.25) is 18.2 Å². The van der Waals surface area contributed by atoms with Crippen LogP contribution in [0.2, 0.25) is 0 Å². The van der Waals surface area contributed by atoms with Crippen LogP contribution in [-0.2, 0) is 32.0 Å². The van der Waals surface area contributed by atoms with Crippen molar-refractivity contribution in [3.63, 3.8) is 0 Å². The Bertz CT molecular complexity index is 1130. The van der Waals surface area contributed by atoms with Gasteiger partial charge in [0.25, 0.3) is 0 Å². The maximum absolute atomic E-state index is 12.8. The van der Waals surface area contributed by atoms with Gasteiger partial charge in [-0.05, 0) is 67.5 Å². The molecule has 0 saturated heterocycles. The summed E-state index contributed by atoms with van der Waals surface area (Å²) in [5.41, 5.74) is 3.82. The van der Waals surface area contributed by atoms with Crippen LogP contribution < -0.4 is 21.3 Å². The van der Waals surface area contributed by atoms with E-state index in [9.17, 15) is 19.2 Å². The van der Waals surface area contributed by atoms with Gasteiger partial charge in [-0.15, -0.1) is 0 Å². The van der Waals surface area contributed by atoms with Crippen LogP contribution in [0, 0.1) is 5.41 Å². The summed E-state index contributed by atoms with van der Waals surface area (Å²) in [6, 6.07) is 14.4. The Morgan fingerprint density at radius 2 is 1.75 bits per heavy atom. The fourth-order valence-electron chi connectivity index (χ4n) is 4.29. The highest BCUT2D eigenvalue weighted by Crippen LogP contribution is 2.29. The van der Waals surface area contributed by atoms with Gasteiger partial charge in [0.05, 0.1) is 25.3 Å². The number of amides is 3. The van der Waals surface area contributed by atoms with Crippen molar-refractivity contribution in [3.05, 3.63) is 70.8 Å². The van der Waals surface area contributed by atoms with Crippen LogP contribution in [0.4, 0.5) is 0 Å². The van der Waals surface area contributed by atoms with Crippen LogP contribution in [0.3, 0.4) is 0 Å². The lowest BCUT2D eigenvalue weighted by atomic mass is 9.87. The average molecular weight is 553 g/mol. The van der Waals surface area contributed by atoms with Gasteiger partial charge in [-0.25, -0.2) is 4.79 Å². The minimum atomic E-state index is -0.685. The number of methoxy groups -OCH3 is 1. The van der Waals surface area contributed by atoms with E-state index in [-0.39, 0.29) is 29.3 Å². The standard InChI is InChI=1S/C22H24N2O4.C9H20N2O/c1-28-22(27)17-11-9-15(10-12-17)13-20(23-14-25)21(26)24-19-8-4-6-16-5-2-3-7-18(16)19;1-7(9(2,3)4)11-8(12)6-10-5/h2-3,5,7,9-12,14,19-20H,4,6,8,13H2,1H3,(H,23,25)(H,24,26);7,10H,6H2,1-5H3,(H,11,12). The maximum atomic E-state index is 12.8. The average Bonchev–Trinajstić information content (AvgIpc) is 2.93. The zero-order chi connectivity index (χ0) is 29.7. The molecule has 2 aromatic carbocycles. The summed E-state index contributed by atoms with van der Waals surface area (Å²) in [6.45, 7) is 8.74. The van der Waals surface area contributed by atoms with Gasteiger partial charge >= 0.3 is 5.97 Å². The van der Waals surface area contributed by atoms with Crippen LogP contribution in [0.15, 0.2) is 48.5 Å². The summed E-state index contributed by atoms with van der Waals surface area (Å²) >= 11 is 0. The second-order valence-electron chi connectivity index (χ2n) is 11.1. The van der Waals surface area contributed by atoms with E-state index in [0.29, 0.717) is 24.9 Å². The molecular formula is C31H44N4O5. The molecule has 3 amide bonds. The SMILES string of the molecule is CNCC(=O)NC(C)C(C)(C)C.COC(=O)c1ccc(CC(NC=O)C(=O)NC2CCCc3ccccc32)cc1. The smallest absolute Gasteiger partial charge is 0.337 e. The second-order valence-corrected chi connectivity index (χ2v) is 11.1. The Labute approximate surface area is 237 Å². The van der Waals surface area contributed by atoms with Crippen LogP contribution >= 0.6 is 0 Å². The molecule has 3 rings (SSSR count). The molecule has 9 heteroatoms. The van der Waals surface area contributed by atoms with Crippen molar-refractivity contribution in [2.75, 3.05) is 20.7 Å². The molecule has 0 bridgehead atoms. The molecule has 0 radical (unpaired) electrons. The highest BCUT2D eigenvalue weighted by molar-refractivity contribution is 5.89. The zero-order valence-corrected chi connectivity index (χ0v) is 24.5. The van der Waals surface area contributed by atoms with E-state index in [1.54, 1.807) is 31.3 Å². The molecule has 0 aromatic heterocycles. The zero-order valence-electron chi connectivity index (χ0n) is 24.5. The number of likely N-dealkylation sites (N-methyl/N-ethyl adjacent to an activating group) is 1. The molecule has 0 saturated carbocycles. The van der Waals surface area contributed by atoms with E-state index in [1.807, 2.05) is 25.1 Å². The van der Waals surface area contributed by atoms with E-state index in [2.05, 4.69) is 52.8 Å². The summed E-state index contributed by atoms with van der Waals surface area (Å²) in [5, 5.41) is 11.4. The summed E-state index contributed by atoms with van der Waals surface area (Å²) < 4.78 is 4.69. The third-order valence-corrected chi connectivity index (χ3v) is 7.10. The van der Waals surface area contributed by atoms with Crippen LogP contribution in [0.5, 0.6) is 0 Å². The van der Waals surface area contributed by atoms with Gasteiger partial charge in [-0.1, -0.05) is 57.2 Å². The number of nitrogens with one attached hydrogen (secondary N) is 4. The largest absolute Gasteiger partial charge is 0.465 e. The van der Waals surface area contributed by atoms with Gasteiger partial charge in [0, 0.05) is 12.5 Å². The highest BCUT2D eigenvalue weighted by atomic mass is 16.5. The molecule has 40 heavy (non-hydrogen) atoms. The number of rotatable bonds is 10. The van der Waals surface area contributed by atoms with Crippen molar-refractivity contribution in [1.82, 2.24) is 21.3 Å². The third-order valence-electron chi connectivity index (χ3n) is 7.10. The van der Waals surface area contributed by atoms with Crippen LogP contribution in [0.25, 0.3) is 0 Å². The van der Waals surface area contributed by atoms with Crippen LogP contribution in [-0.4, -0.2) is 57.0 Å². The maximum Gasteiger partial charge on any atom is 0.337 e. The van der Waals surface area contributed by atoms with Crippen molar-refractivity contribution in [2.45, 2.75) is 71.5 Å². The Hall–Kier alpha value is -3.72. The van der Waals surface area contributed by atoms with Gasteiger partial charge in [-0.3, -0.25) is 14.4 Å². The van der Waals surface area contributed by atoms with E-state index < -0.39 is 12.0 Å². The topological polar surface area (TPSA) is 126 Å². The fraction of sp³-hybridized carbons (Fsp3) is 0.484. The number of hydrogen-bond acceptors (Lipinski definition) is 6. The number of ether oxygens (including phenoxy) is 1. The van der Waals surface area contributed by atoms with E-state index >= 15 is 0 Å². The number of benzene rings is 2. The van der Waals surface area contributed by atoms with E-state index in [1.165, 1.54) is 12.7 Å². The number of fused-ring (bicyclic) bond motifs is 1. The highest BCUT2D eigenvalue weighted by Gasteiger charge is 2.25. The first-order chi connectivity index (χ1) is 19.0. The van der Waals surface area contributed by atoms with Gasteiger partial charge in [0.1, 0.15) is 6.04 Å². The molecule has 218 valence electrons. The number of hydrogen-bond donors (Lipinski definition) is 4. The van der Waals surface area contributed by atoms with Crippen LogP contribution in [0.1, 0.15) is 73.6 Å². The van der Waals surface area contributed by atoms with Crippen molar-refractivity contribution in [2.24, 2.45) is 5.41 Å².